The lowest BCUT2D eigenvalue weighted by Crippen LogP contribution is -2.57. The molecule has 4 nitrogen and oxygen atoms in total. The first kappa shape index (κ1) is 11.4. The molecule has 3 saturated heterocycles. The summed E-state index contributed by atoms with van der Waals surface area (Å²) in [6.45, 7) is 3.34. The van der Waals surface area contributed by atoms with Gasteiger partial charge < -0.3 is 10.2 Å². The van der Waals surface area contributed by atoms with E-state index in [4.69, 9.17) is 11.6 Å². The van der Waals surface area contributed by atoms with Crippen LogP contribution in [0.5, 0.6) is 0 Å². The van der Waals surface area contributed by atoms with Gasteiger partial charge in [0.2, 0.25) is 0 Å². The minimum absolute atomic E-state index is 0.0827. The van der Waals surface area contributed by atoms with Crippen LogP contribution in [0.25, 0.3) is 0 Å². The highest BCUT2D eigenvalue weighted by molar-refractivity contribution is 7.17. The highest BCUT2D eigenvalue weighted by atomic mass is 35.5. The molecule has 1 atom stereocenters. The van der Waals surface area contributed by atoms with Crippen molar-refractivity contribution >= 4 is 28.8 Å². The van der Waals surface area contributed by atoms with Gasteiger partial charge >= 0.3 is 0 Å². The fraction of sp³-hybridized carbons (Fsp3) is 0.636. The number of piperidine rings is 3. The average Bonchev–Trinajstić information content (AvgIpc) is 2.77. The van der Waals surface area contributed by atoms with Crippen LogP contribution in [0, 0.1) is 5.92 Å². The molecule has 92 valence electrons. The number of amides is 1. The van der Waals surface area contributed by atoms with E-state index in [1.165, 1.54) is 43.5 Å². The third kappa shape index (κ3) is 2.32. The van der Waals surface area contributed by atoms with Crippen molar-refractivity contribution in [2.45, 2.75) is 18.9 Å². The lowest BCUT2D eigenvalue weighted by molar-refractivity contribution is 0.0620. The molecule has 6 heteroatoms. The molecule has 4 rings (SSSR count). The maximum Gasteiger partial charge on any atom is 0.280 e. The van der Waals surface area contributed by atoms with Crippen molar-refractivity contribution in [1.82, 2.24) is 15.2 Å². The number of hydrogen-bond acceptors (Lipinski definition) is 4. The van der Waals surface area contributed by atoms with Crippen LogP contribution in [0.1, 0.15) is 22.6 Å². The van der Waals surface area contributed by atoms with Crippen LogP contribution in [-0.4, -0.2) is 41.5 Å². The molecular formula is C11H14ClN3OS. The Balaban J connectivity index is 1.65. The maximum atomic E-state index is 12.0. The second kappa shape index (κ2) is 4.55. The first-order valence-corrected chi connectivity index (χ1v) is 7.06. The van der Waals surface area contributed by atoms with E-state index >= 15 is 0 Å². The predicted molar refractivity (Wildman–Crippen MR) is 67.5 cm³/mol. The minimum atomic E-state index is -0.0827. The molecule has 0 unspecified atom stereocenters. The van der Waals surface area contributed by atoms with Crippen molar-refractivity contribution in [1.29, 1.82) is 0 Å². The topological polar surface area (TPSA) is 45.2 Å². The van der Waals surface area contributed by atoms with Crippen molar-refractivity contribution in [2.24, 2.45) is 5.92 Å². The number of carbonyl (C=O) groups is 1. The number of hydrogen-bond donors (Lipinski definition) is 1. The summed E-state index contributed by atoms with van der Waals surface area (Å²) in [5, 5.41) is 3.55. The van der Waals surface area contributed by atoms with E-state index < -0.39 is 0 Å². The fourth-order valence-electron chi connectivity index (χ4n) is 2.72. The molecule has 0 saturated carbocycles. The lowest BCUT2D eigenvalue weighted by atomic mass is 9.84. The summed E-state index contributed by atoms with van der Waals surface area (Å²) in [7, 11) is 0. The van der Waals surface area contributed by atoms with Crippen molar-refractivity contribution in [3.8, 4) is 0 Å². The van der Waals surface area contributed by atoms with Gasteiger partial charge in [0, 0.05) is 12.6 Å². The van der Waals surface area contributed by atoms with Crippen molar-refractivity contribution in [2.75, 3.05) is 19.6 Å². The number of nitrogens with zero attached hydrogens (tertiary/aromatic N) is 2. The predicted octanol–water partition coefficient (Wildman–Crippen LogP) is 1.62. The zero-order chi connectivity index (χ0) is 11.8. The molecule has 3 fully saturated rings. The number of halogens is 1. The van der Waals surface area contributed by atoms with Crippen molar-refractivity contribution in [3.05, 3.63) is 15.5 Å². The average molecular weight is 272 g/mol. The second-order valence-electron chi connectivity index (χ2n) is 4.69. The molecule has 4 heterocycles. The quantitative estimate of drug-likeness (QED) is 0.889. The molecule has 1 amide bonds. The van der Waals surface area contributed by atoms with E-state index in [2.05, 4.69) is 15.2 Å². The fourth-order valence-corrected chi connectivity index (χ4v) is 3.53. The lowest BCUT2D eigenvalue weighted by Gasteiger charge is -2.44. The molecule has 0 aliphatic carbocycles. The SMILES string of the molecule is O=C(N[C@H]1CN2CCC1CC2)c1ncc(Cl)s1. The van der Waals surface area contributed by atoms with Gasteiger partial charge in [-0.25, -0.2) is 4.98 Å². The number of fused-ring (bicyclic) bond motifs is 3. The van der Waals surface area contributed by atoms with Crippen LogP contribution in [-0.2, 0) is 0 Å². The summed E-state index contributed by atoms with van der Waals surface area (Å²) in [4.78, 5) is 18.4. The van der Waals surface area contributed by atoms with Gasteiger partial charge in [-0.05, 0) is 31.8 Å². The monoisotopic (exact) mass is 271 g/mol. The molecule has 1 aromatic rings. The summed E-state index contributed by atoms with van der Waals surface area (Å²) < 4.78 is 0.559. The van der Waals surface area contributed by atoms with E-state index in [0.717, 1.165) is 6.54 Å². The number of aromatic nitrogens is 1. The third-order valence-electron chi connectivity index (χ3n) is 3.64. The molecule has 1 N–H and O–H groups in total. The molecule has 0 radical (unpaired) electrons. The smallest absolute Gasteiger partial charge is 0.280 e. The largest absolute Gasteiger partial charge is 0.346 e. The Morgan fingerprint density at radius 3 is 2.82 bits per heavy atom. The Labute approximate surface area is 109 Å². The van der Waals surface area contributed by atoms with Gasteiger partial charge in [0.1, 0.15) is 4.34 Å². The van der Waals surface area contributed by atoms with Crippen LogP contribution in [0.2, 0.25) is 4.34 Å². The number of carbonyl (C=O) groups excluding carboxylic acids is 1. The maximum absolute atomic E-state index is 12.0. The highest BCUT2D eigenvalue weighted by Crippen LogP contribution is 2.28. The molecule has 0 aromatic carbocycles. The van der Waals surface area contributed by atoms with Gasteiger partial charge in [0.05, 0.1) is 6.20 Å². The van der Waals surface area contributed by atoms with Crippen LogP contribution < -0.4 is 5.32 Å². The van der Waals surface area contributed by atoms with Gasteiger partial charge in [-0.3, -0.25) is 4.79 Å². The normalized spacial score (nSPS) is 31.5. The Bertz CT molecular complexity index is 428. The van der Waals surface area contributed by atoms with E-state index in [-0.39, 0.29) is 11.9 Å². The third-order valence-corrected chi connectivity index (χ3v) is 4.76. The zero-order valence-corrected chi connectivity index (χ0v) is 10.9. The molecule has 0 spiro atoms. The standard InChI is InChI=1S/C11H14ClN3OS/c12-9-5-13-11(17-9)10(16)14-8-6-15-3-1-7(8)2-4-15/h5,7-8H,1-4,6H2,(H,14,16)/t8-/m0/s1. The summed E-state index contributed by atoms with van der Waals surface area (Å²) in [5.41, 5.74) is 0. The Morgan fingerprint density at radius 1 is 1.53 bits per heavy atom. The van der Waals surface area contributed by atoms with Gasteiger partial charge in [0.25, 0.3) is 5.91 Å². The Kier molecular flexibility index (Phi) is 3.06. The van der Waals surface area contributed by atoms with Gasteiger partial charge in [-0.15, -0.1) is 0 Å². The molecule has 2 bridgehead atoms. The molecule has 17 heavy (non-hydrogen) atoms. The minimum Gasteiger partial charge on any atom is -0.346 e. The Morgan fingerprint density at radius 2 is 2.29 bits per heavy atom. The van der Waals surface area contributed by atoms with Crippen LogP contribution in [0.15, 0.2) is 6.20 Å². The van der Waals surface area contributed by atoms with Crippen LogP contribution in [0.4, 0.5) is 0 Å². The summed E-state index contributed by atoms with van der Waals surface area (Å²) in [6.07, 6.45) is 3.92. The molecule has 3 aliphatic heterocycles. The number of thiazole rings is 1. The summed E-state index contributed by atoms with van der Waals surface area (Å²) in [5.74, 6) is 0.556. The summed E-state index contributed by atoms with van der Waals surface area (Å²) in [6, 6.07) is 0.285. The second-order valence-corrected chi connectivity index (χ2v) is 6.35. The van der Waals surface area contributed by atoms with Crippen LogP contribution >= 0.6 is 22.9 Å². The molecule has 3 aliphatic rings. The van der Waals surface area contributed by atoms with Crippen molar-refractivity contribution in [3.63, 3.8) is 0 Å². The van der Waals surface area contributed by atoms with E-state index in [9.17, 15) is 4.79 Å². The van der Waals surface area contributed by atoms with Gasteiger partial charge in [-0.1, -0.05) is 22.9 Å². The summed E-state index contributed by atoms with van der Waals surface area (Å²) >= 11 is 7.01. The number of rotatable bonds is 2. The molecule has 1 aromatic heterocycles. The van der Waals surface area contributed by atoms with Crippen molar-refractivity contribution < 1.29 is 4.79 Å². The Hall–Kier alpha value is -0.650. The van der Waals surface area contributed by atoms with Gasteiger partial charge in [-0.2, -0.15) is 0 Å². The number of nitrogens with one attached hydrogen (secondary N) is 1. The van der Waals surface area contributed by atoms with E-state index in [1.54, 1.807) is 0 Å². The highest BCUT2D eigenvalue weighted by Gasteiger charge is 2.35. The van der Waals surface area contributed by atoms with E-state index in [1.807, 2.05) is 0 Å². The molecular weight excluding hydrogens is 258 g/mol. The first-order chi connectivity index (χ1) is 8.22. The first-order valence-electron chi connectivity index (χ1n) is 5.87. The van der Waals surface area contributed by atoms with Crippen LogP contribution in [0.3, 0.4) is 0 Å². The zero-order valence-electron chi connectivity index (χ0n) is 9.36. The van der Waals surface area contributed by atoms with E-state index in [0.29, 0.717) is 15.3 Å². The van der Waals surface area contributed by atoms with Gasteiger partial charge in [0.15, 0.2) is 5.01 Å².